The van der Waals surface area contributed by atoms with Crippen molar-refractivity contribution >= 4 is 28.6 Å². The van der Waals surface area contributed by atoms with E-state index in [2.05, 4.69) is 20.4 Å². The fourth-order valence-corrected chi connectivity index (χ4v) is 3.58. The molecule has 0 bridgehead atoms. The number of rotatable bonds is 5. The molecule has 0 aliphatic heterocycles. The molecule has 8 nitrogen and oxygen atoms in total. The SMILES string of the molecule is COC(=O)c1cnc(NC(=O)C2CC2)c2[nH]c(-c3cccc(-n4ccc(C)n4)c3)cc12. The lowest BCUT2D eigenvalue weighted by Crippen LogP contribution is -2.15. The smallest absolute Gasteiger partial charge is 0.340 e. The Morgan fingerprint density at radius 2 is 2.06 bits per heavy atom. The Morgan fingerprint density at radius 1 is 1.23 bits per heavy atom. The number of fused-ring (bicyclic) bond motifs is 1. The predicted octanol–water partition coefficient (Wildman–Crippen LogP) is 3.86. The lowest BCUT2D eigenvalue weighted by Gasteiger charge is -2.07. The highest BCUT2D eigenvalue weighted by atomic mass is 16.5. The number of methoxy groups -OCH3 is 1. The quantitative estimate of drug-likeness (QED) is 0.482. The van der Waals surface area contributed by atoms with Crippen LogP contribution in [0.15, 0.2) is 48.8 Å². The number of H-pyrrole nitrogens is 1. The monoisotopic (exact) mass is 415 g/mol. The molecule has 1 saturated carbocycles. The zero-order valence-electron chi connectivity index (χ0n) is 17.2. The van der Waals surface area contributed by atoms with Gasteiger partial charge in [0.25, 0.3) is 0 Å². The molecule has 3 heterocycles. The van der Waals surface area contributed by atoms with E-state index in [4.69, 9.17) is 4.74 Å². The van der Waals surface area contributed by atoms with Crippen molar-refractivity contribution in [2.75, 3.05) is 12.4 Å². The van der Waals surface area contributed by atoms with Gasteiger partial charge in [-0.2, -0.15) is 5.10 Å². The van der Waals surface area contributed by atoms with E-state index in [9.17, 15) is 9.59 Å². The van der Waals surface area contributed by atoms with Crippen LogP contribution in [-0.2, 0) is 9.53 Å². The number of anilines is 1. The molecule has 0 unspecified atom stereocenters. The molecular weight excluding hydrogens is 394 g/mol. The van der Waals surface area contributed by atoms with Gasteiger partial charge in [-0.25, -0.2) is 14.5 Å². The third-order valence-corrected chi connectivity index (χ3v) is 5.41. The minimum Gasteiger partial charge on any atom is -0.465 e. The van der Waals surface area contributed by atoms with Crippen LogP contribution < -0.4 is 5.32 Å². The van der Waals surface area contributed by atoms with Crippen molar-refractivity contribution in [3.63, 3.8) is 0 Å². The zero-order valence-corrected chi connectivity index (χ0v) is 17.2. The Kier molecular flexibility index (Phi) is 4.54. The van der Waals surface area contributed by atoms with Crippen molar-refractivity contribution in [1.82, 2.24) is 19.7 Å². The van der Waals surface area contributed by atoms with Gasteiger partial charge >= 0.3 is 5.97 Å². The molecule has 5 rings (SSSR count). The number of benzene rings is 1. The van der Waals surface area contributed by atoms with Crippen LogP contribution in [0.1, 0.15) is 28.9 Å². The normalized spacial score (nSPS) is 13.4. The second kappa shape index (κ2) is 7.39. The molecule has 0 spiro atoms. The molecule has 31 heavy (non-hydrogen) atoms. The second-order valence-electron chi connectivity index (χ2n) is 7.70. The van der Waals surface area contributed by atoms with Crippen molar-refractivity contribution in [2.24, 2.45) is 5.92 Å². The number of esters is 1. The highest BCUT2D eigenvalue weighted by molar-refractivity contribution is 6.10. The molecule has 8 heteroatoms. The van der Waals surface area contributed by atoms with E-state index in [1.165, 1.54) is 13.3 Å². The Balaban J connectivity index is 1.61. The highest BCUT2D eigenvalue weighted by Gasteiger charge is 2.30. The lowest BCUT2D eigenvalue weighted by atomic mass is 10.1. The third-order valence-electron chi connectivity index (χ3n) is 5.41. The number of aryl methyl sites for hydroxylation is 1. The van der Waals surface area contributed by atoms with Gasteiger partial charge in [0, 0.05) is 35.0 Å². The van der Waals surface area contributed by atoms with E-state index in [0.29, 0.717) is 22.3 Å². The van der Waals surface area contributed by atoms with E-state index in [1.807, 2.05) is 54.2 Å². The molecule has 0 saturated heterocycles. The van der Waals surface area contributed by atoms with E-state index in [-0.39, 0.29) is 11.8 Å². The zero-order chi connectivity index (χ0) is 21.5. The first-order valence-electron chi connectivity index (χ1n) is 10.1. The predicted molar refractivity (Wildman–Crippen MR) is 116 cm³/mol. The van der Waals surface area contributed by atoms with Gasteiger partial charge in [-0.1, -0.05) is 12.1 Å². The molecule has 1 fully saturated rings. The molecule has 1 aromatic carbocycles. The van der Waals surface area contributed by atoms with E-state index >= 15 is 0 Å². The van der Waals surface area contributed by atoms with Crippen molar-refractivity contribution in [1.29, 1.82) is 0 Å². The first-order chi connectivity index (χ1) is 15.0. The molecule has 1 aliphatic rings. The average molecular weight is 415 g/mol. The Hall–Kier alpha value is -3.94. The summed E-state index contributed by atoms with van der Waals surface area (Å²) in [4.78, 5) is 32.3. The van der Waals surface area contributed by atoms with Gasteiger partial charge in [0.1, 0.15) is 0 Å². The number of ether oxygens (including phenoxy) is 1. The second-order valence-corrected chi connectivity index (χ2v) is 7.70. The van der Waals surface area contributed by atoms with E-state index < -0.39 is 5.97 Å². The molecule has 156 valence electrons. The van der Waals surface area contributed by atoms with Gasteiger partial charge in [0.15, 0.2) is 5.82 Å². The number of carbonyl (C=O) groups is 2. The number of nitrogens with one attached hydrogen (secondary N) is 2. The first-order valence-corrected chi connectivity index (χ1v) is 10.1. The minimum atomic E-state index is -0.483. The van der Waals surface area contributed by atoms with Gasteiger partial charge in [0.2, 0.25) is 5.91 Å². The Bertz CT molecular complexity index is 1320. The fraction of sp³-hybridized carbons (Fsp3) is 0.217. The third kappa shape index (κ3) is 3.56. The summed E-state index contributed by atoms with van der Waals surface area (Å²) in [5, 5.41) is 7.99. The number of nitrogens with zero attached hydrogens (tertiary/aromatic N) is 3. The molecule has 0 atom stereocenters. The summed E-state index contributed by atoms with van der Waals surface area (Å²) in [6, 6.07) is 11.7. The summed E-state index contributed by atoms with van der Waals surface area (Å²) in [6.45, 7) is 1.94. The molecule has 1 amide bonds. The first kappa shape index (κ1) is 19.0. The van der Waals surface area contributed by atoms with Crippen LogP contribution in [0.4, 0.5) is 5.82 Å². The van der Waals surface area contributed by atoms with Crippen LogP contribution in [0.25, 0.3) is 27.8 Å². The van der Waals surface area contributed by atoms with Crippen molar-refractivity contribution < 1.29 is 14.3 Å². The topological polar surface area (TPSA) is 102 Å². The minimum absolute atomic E-state index is 0.0424. The molecule has 2 N–H and O–H groups in total. The summed E-state index contributed by atoms with van der Waals surface area (Å²) < 4.78 is 6.73. The van der Waals surface area contributed by atoms with E-state index in [1.54, 1.807) is 0 Å². The molecule has 0 radical (unpaired) electrons. The number of amides is 1. The fourth-order valence-electron chi connectivity index (χ4n) is 3.58. The van der Waals surface area contributed by atoms with Crippen LogP contribution in [0, 0.1) is 12.8 Å². The number of carbonyl (C=O) groups excluding carboxylic acids is 2. The summed E-state index contributed by atoms with van der Waals surface area (Å²) in [6.07, 6.45) is 5.14. The number of aromatic amines is 1. The molecule has 4 aromatic rings. The van der Waals surface area contributed by atoms with E-state index in [0.717, 1.165) is 35.5 Å². The van der Waals surface area contributed by atoms with Gasteiger partial charge in [-0.3, -0.25) is 4.79 Å². The summed E-state index contributed by atoms with van der Waals surface area (Å²) in [7, 11) is 1.33. The van der Waals surface area contributed by atoms with Crippen LogP contribution in [0.5, 0.6) is 0 Å². The van der Waals surface area contributed by atoms with Crippen LogP contribution in [0.2, 0.25) is 0 Å². The molecule has 1 aliphatic carbocycles. The highest BCUT2D eigenvalue weighted by Crippen LogP contribution is 2.34. The lowest BCUT2D eigenvalue weighted by molar-refractivity contribution is -0.117. The number of pyridine rings is 1. The summed E-state index contributed by atoms with van der Waals surface area (Å²) in [5.74, 6) is -0.0823. The van der Waals surface area contributed by atoms with Crippen molar-refractivity contribution in [3.8, 4) is 16.9 Å². The van der Waals surface area contributed by atoms with Crippen LogP contribution in [-0.4, -0.2) is 38.7 Å². The Labute approximate surface area is 178 Å². The number of hydrogen-bond donors (Lipinski definition) is 2. The van der Waals surface area contributed by atoms with Crippen molar-refractivity contribution in [3.05, 3.63) is 60.0 Å². The summed E-state index contributed by atoms with van der Waals surface area (Å²) in [5.41, 5.74) is 4.48. The van der Waals surface area contributed by atoms with Crippen molar-refractivity contribution in [2.45, 2.75) is 19.8 Å². The van der Waals surface area contributed by atoms with Gasteiger partial charge < -0.3 is 15.0 Å². The van der Waals surface area contributed by atoms with Gasteiger partial charge in [-0.05, 0) is 44.0 Å². The maximum absolute atomic E-state index is 12.3. The molecule has 3 aromatic heterocycles. The maximum Gasteiger partial charge on any atom is 0.340 e. The van der Waals surface area contributed by atoms with Gasteiger partial charge in [0.05, 0.1) is 29.6 Å². The average Bonchev–Trinajstić information content (AvgIpc) is 3.39. The summed E-state index contributed by atoms with van der Waals surface area (Å²) >= 11 is 0. The Morgan fingerprint density at radius 3 is 2.77 bits per heavy atom. The largest absolute Gasteiger partial charge is 0.465 e. The maximum atomic E-state index is 12.3. The van der Waals surface area contributed by atoms with Gasteiger partial charge in [-0.15, -0.1) is 0 Å². The number of aromatic nitrogens is 4. The van der Waals surface area contributed by atoms with Crippen LogP contribution >= 0.6 is 0 Å². The standard InChI is InChI=1S/C23H21N5O3/c1-13-8-9-28(27-13)16-5-3-4-15(10-16)19-11-17-18(23(30)31-2)12-24-21(20(17)25-19)26-22(29)14-6-7-14/h3-5,8-12,14,25H,6-7H2,1-2H3,(H,24,26,29). The van der Waals surface area contributed by atoms with Crippen LogP contribution in [0.3, 0.4) is 0 Å². The number of hydrogen-bond acceptors (Lipinski definition) is 5. The molecular formula is C23H21N5O3.